The lowest BCUT2D eigenvalue weighted by molar-refractivity contribution is 0.102. The number of carbonyl (C=O) groups is 1. The van der Waals surface area contributed by atoms with Crippen LogP contribution in [0.4, 0.5) is 6.01 Å². The van der Waals surface area contributed by atoms with E-state index in [0.717, 1.165) is 6.26 Å². The average molecular weight is 349 g/mol. The summed E-state index contributed by atoms with van der Waals surface area (Å²) >= 11 is 1.29. The van der Waals surface area contributed by atoms with Gasteiger partial charge in [-0.25, -0.2) is 8.42 Å². The molecule has 23 heavy (non-hydrogen) atoms. The molecule has 1 N–H and O–H groups in total. The third kappa shape index (κ3) is 3.46. The molecule has 9 heteroatoms. The summed E-state index contributed by atoms with van der Waals surface area (Å²) in [6.45, 7) is 0. The summed E-state index contributed by atoms with van der Waals surface area (Å²) in [7, 11) is -3.33. The molecule has 3 rings (SSSR count). The Morgan fingerprint density at radius 1 is 1.22 bits per heavy atom. The molecule has 0 saturated carbocycles. The van der Waals surface area contributed by atoms with Gasteiger partial charge in [0.1, 0.15) is 0 Å². The zero-order valence-corrected chi connectivity index (χ0v) is 13.5. The van der Waals surface area contributed by atoms with Gasteiger partial charge in [-0.1, -0.05) is 17.2 Å². The van der Waals surface area contributed by atoms with Gasteiger partial charge in [0.15, 0.2) is 9.84 Å². The highest BCUT2D eigenvalue weighted by atomic mass is 32.2. The molecule has 0 atom stereocenters. The number of carbonyl (C=O) groups excluding carboxylic acids is 1. The molecule has 0 bridgehead atoms. The van der Waals surface area contributed by atoms with E-state index in [-0.39, 0.29) is 22.7 Å². The van der Waals surface area contributed by atoms with Crippen LogP contribution in [0.3, 0.4) is 0 Å². The topological polar surface area (TPSA) is 102 Å². The normalized spacial score (nSPS) is 11.3. The summed E-state index contributed by atoms with van der Waals surface area (Å²) < 4.78 is 28.5. The van der Waals surface area contributed by atoms with Gasteiger partial charge in [-0.3, -0.25) is 10.1 Å². The van der Waals surface area contributed by atoms with Crippen molar-refractivity contribution in [3.63, 3.8) is 0 Å². The van der Waals surface area contributed by atoms with Crippen molar-refractivity contribution in [1.82, 2.24) is 10.2 Å². The number of benzene rings is 1. The molecule has 0 spiro atoms. The van der Waals surface area contributed by atoms with E-state index in [9.17, 15) is 13.2 Å². The maximum atomic E-state index is 11.9. The maximum absolute atomic E-state index is 11.9. The van der Waals surface area contributed by atoms with Crippen LogP contribution in [0.15, 0.2) is 51.1 Å². The second-order valence-electron chi connectivity index (χ2n) is 4.64. The van der Waals surface area contributed by atoms with E-state index in [1.165, 1.54) is 23.5 Å². The van der Waals surface area contributed by atoms with Crippen LogP contribution in [0.1, 0.15) is 9.67 Å². The lowest BCUT2D eigenvalue weighted by Crippen LogP contribution is -2.10. The quantitative estimate of drug-likeness (QED) is 0.776. The van der Waals surface area contributed by atoms with Gasteiger partial charge in [-0.05, 0) is 29.6 Å². The predicted molar refractivity (Wildman–Crippen MR) is 85.1 cm³/mol. The van der Waals surface area contributed by atoms with Gasteiger partial charge in [0, 0.05) is 11.8 Å². The first-order valence-corrected chi connectivity index (χ1v) is 9.19. The molecule has 1 amide bonds. The molecular weight excluding hydrogens is 338 g/mol. The van der Waals surface area contributed by atoms with Crippen LogP contribution in [-0.2, 0) is 9.84 Å². The Morgan fingerprint density at radius 2 is 2.04 bits per heavy atom. The van der Waals surface area contributed by atoms with Crippen LogP contribution < -0.4 is 5.32 Å². The zero-order chi connectivity index (χ0) is 16.4. The van der Waals surface area contributed by atoms with Gasteiger partial charge >= 0.3 is 6.01 Å². The molecule has 3 aromatic rings. The number of hydrogen-bond donors (Lipinski definition) is 1. The molecule has 1 aromatic carbocycles. The number of anilines is 1. The van der Waals surface area contributed by atoms with E-state index in [2.05, 4.69) is 15.5 Å². The third-order valence-corrected chi connectivity index (χ3v) is 4.88. The molecule has 7 nitrogen and oxygen atoms in total. The van der Waals surface area contributed by atoms with Gasteiger partial charge in [0.2, 0.25) is 5.89 Å². The summed E-state index contributed by atoms with van der Waals surface area (Å²) in [5.74, 6) is -0.225. The van der Waals surface area contributed by atoms with Gasteiger partial charge < -0.3 is 4.42 Å². The number of sulfone groups is 1. The molecule has 0 radical (unpaired) electrons. The molecule has 0 aliphatic heterocycles. The fourth-order valence-electron chi connectivity index (χ4n) is 1.82. The largest absolute Gasteiger partial charge is 0.403 e. The Balaban J connectivity index is 1.84. The zero-order valence-electron chi connectivity index (χ0n) is 11.9. The van der Waals surface area contributed by atoms with E-state index < -0.39 is 9.84 Å². The highest BCUT2D eigenvalue weighted by Crippen LogP contribution is 2.23. The summed E-state index contributed by atoms with van der Waals surface area (Å²) in [6.07, 6.45) is 1.12. The van der Waals surface area contributed by atoms with Crippen LogP contribution >= 0.6 is 11.3 Å². The van der Waals surface area contributed by atoms with E-state index in [0.29, 0.717) is 10.4 Å². The summed E-state index contributed by atoms with van der Waals surface area (Å²) in [5.41, 5.74) is 0.456. The van der Waals surface area contributed by atoms with Crippen LogP contribution in [0, 0.1) is 0 Å². The van der Waals surface area contributed by atoms with Crippen molar-refractivity contribution in [1.29, 1.82) is 0 Å². The summed E-state index contributed by atoms with van der Waals surface area (Å²) in [4.78, 5) is 12.6. The van der Waals surface area contributed by atoms with E-state index in [4.69, 9.17) is 4.42 Å². The first kappa shape index (κ1) is 15.4. The molecule has 0 aliphatic rings. The van der Waals surface area contributed by atoms with Crippen LogP contribution in [0.5, 0.6) is 0 Å². The molecular formula is C14H11N3O4S2. The number of hydrogen-bond acceptors (Lipinski definition) is 7. The molecule has 0 aliphatic carbocycles. The minimum Gasteiger partial charge on any atom is -0.403 e. The van der Waals surface area contributed by atoms with Crippen LogP contribution in [-0.4, -0.2) is 30.8 Å². The highest BCUT2D eigenvalue weighted by Gasteiger charge is 2.15. The standard InChI is InChI=1S/C14H11N3O4S2/c1-23(19,20)10-5-2-4-9(8-10)13-16-17-14(21-13)15-12(18)11-6-3-7-22-11/h2-8H,1H3,(H,15,17,18). The monoisotopic (exact) mass is 349 g/mol. The number of rotatable bonds is 4. The van der Waals surface area contributed by atoms with Crippen molar-refractivity contribution in [3.8, 4) is 11.5 Å². The molecule has 2 aromatic heterocycles. The molecule has 2 heterocycles. The molecule has 0 saturated heterocycles. The fourth-order valence-corrected chi connectivity index (χ4v) is 3.10. The second-order valence-corrected chi connectivity index (χ2v) is 7.61. The minimum atomic E-state index is -3.33. The van der Waals surface area contributed by atoms with E-state index >= 15 is 0 Å². The number of aromatic nitrogens is 2. The second kappa shape index (κ2) is 5.94. The Bertz CT molecular complexity index is 946. The molecule has 0 unspecified atom stereocenters. The Morgan fingerprint density at radius 3 is 2.74 bits per heavy atom. The van der Waals surface area contributed by atoms with Crippen molar-refractivity contribution in [2.24, 2.45) is 0 Å². The van der Waals surface area contributed by atoms with Gasteiger partial charge in [0.25, 0.3) is 5.91 Å². The van der Waals surface area contributed by atoms with Gasteiger partial charge in [0.05, 0.1) is 9.77 Å². The van der Waals surface area contributed by atoms with Gasteiger partial charge in [-0.15, -0.1) is 16.4 Å². The first-order chi connectivity index (χ1) is 10.9. The predicted octanol–water partition coefficient (Wildman–Crippen LogP) is 2.45. The van der Waals surface area contributed by atoms with Crippen molar-refractivity contribution in [2.75, 3.05) is 11.6 Å². The maximum Gasteiger partial charge on any atom is 0.322 e. The minimum absolute atomic E-state index is 0.0526. The fraction of sp³-hybridized carbons (Fsp3) is 0.0714. The van der Waals surface area contributed by atoms with Gasteiger partial charge in [-0.2, -0.15) is 0 Å². The average Bonchev–Trinajstić information content (AvgIpc) is 3.18. The Labute approximate surface area is 135 Å². The summed E-state index contributed by atoms with van der Waals surface area (Å²) in [6, 6.07) is 9.53. The first-order valence-electron chi connectivity index (χ1n) is 6.42. The van der Waals surface area contributed by atoms with Crippen LogP contribution in [0.25, 0.3) is 11.5 Å². The van der Waals surface area contributed by atoms with Crippen molar-refractivity contribution < 1.29 is 17.6 Å². The summed E-state index contributed by atoms with van der Waals surface area (Å²) in [5, 5.41) is 11.8. The SMILES string of the molecule is CS(=O)(=O)c1cccc(-c2nnc(NC(=O)c3cccs3)o2)c1. The van der Waals surface area contributed by atoms with Crippen LogP contribution in [0.2, 0.25) is 0 Å². The van der Waals surface area contributed by atoms with E-state index in [1.807, 2.05) is 0 Å². The Hall–Kier alpha value is -2.52. The van der Waals surface area contributed by atoms with Crippen molar-refractivity contribution in [2.45, 2.75) is 4.90 Å². The smallest absolute Gasteiger partial charge is 0.322 e. The van der Waals surface area contributed by atoms with E-state index in [1.54, 1.807) is 29.6 Å². The molecule has 118 valence electrons. The lowest BCUT2D eigenvalue weighted by atomic mass is 10.2. The highest BCUT2D eigenvalue weighted by molar-refractivity contribution is 7.90. The number of amides is 1. The number of thiophene rings is 1. The van der Waals surface area contributed by atoms with Crippen molar-refractivity contribution in [3.05, 3.63) is 46.7 Å². The third-order valence-electron chi connectivity index (χ3n) is 2.90. The molecule has 0 fully saturated rings. The number of nitrogens with zero attached hydrogens (tertiary/aromatic N) is 2. The van der Waals surface area contributed by atoms with Crippen molar-refractivity contribution >= 4 is 33.1 Å². The number of nitrogens with one attached hydrogen (secondary N) is 1. The Kier molecular flexibility index (Phi) is 3.97. The lowest BCUT2D eigenvalue weighted by Gasteiger charge is -2.00.